The van der Waals surface area contributed by atoms with Gasteiger partial charge in [0, 0.05) is 49.5 Å². The first-order valence-electron chi connectivity index (χ1n) is 13.0. The van der Waals surface area contributed by atoms with E-state index in [1.54, 1.807) is 53.2 Å². The van der Waals surface area contributed by atoms with Crippen LogP contribution in [-0.4, -0.2) is 58.2 Å². The third-order valence-corrected chi connectivity index (χ3v) is 6.99. The highest BCUT2D eigenvalue weighted by Crippen LogP contribution is 2.22. The molecule has 4 heterocycles. The molecule has 10 nitrogen and oxygen atoms in total. The van der Waals surface area contributed by atoms with Crippen molar-refractivity contribution in [2.24, 2.45) is 0 Å². The number of hydrogen-bond acceptors (Lipinski definition) is 8. The molecule has 1 saturated heterocycles. The molecule has 1 aromatic carbocycles. The van der Waals surface area contributed by atoms with E-state index in [0.717, 1.165) is 18.7 Å². The van der Waals surface area contributed by atoms with Crippen LogP contribution in [0.4, 0.5) is 0 Å². The molecule has 40 heavy (non-hydrogen) atoms. The van der Waals surface area contributed by atoms with Gasteiger partial charge in [0.15, 0.2) is 0 Å². The molecular formula is C30H27N7O3. The fourth-order valence-corrected chi connectivity index (χ4v) is 4.68. The lowest BCUT2D eigenvalue weighted by atomic mass is 10.1. The quantitative estimate of drug-likeness (QED) is 0.383. The predicted octanol–water partition coefficient (Wildman–Crippen LogP) is 3.03. The zero-order valence-corrected chi connectivity index (χ0v) is 22.0. The lowest BCUT2D eigenvalue weighted by Gasteiger charge is -2.27. The molecule has 0 saturated carbocycles. The number of nitriles is 2. The Hall–Kier alpha value is -4.90. The van der Waals surface area contributed by atoms with Crippen molar-refractivity contribution in [2.45, 2.75) is 19.5 Å². The number of pyridine rings is 3. The molecule has 5 rings (SSSR count). The van der Waals surface area contributed by atoms with E-state index in [9.17, 15) is 9.59 Å². The zero-order chi connectivity index (χ0) is 28.1. The maximum atomic E-state index is 13.7. The van der Waals surface area contributed by atoms with Crippen molar-refractivity contribution in [3.8, 4) is 23.4 Å². The summed E-state index contributed by atoms with van der Waals surface area (Å²) in [6.45, 7) is 5.64. The summed E-state index contributed by atoms with van der Waals surface area (Å²) in [5, 5.41) is 21.7. The van der Waals surface area contributed by atoms with Crippen LogP contribution in [0, 0.1) is 22.7 Å². The summed E-state index contributed by atoms with van der Waals surface area (Å²) in [6, 6.07) is 17.5. The average Bonchev–Trinajstić information content (AvgIpc) is 3.00. The minimum absolute atomic E-state index is 0.0155. The summed E-state index contributed by atoms with van der Waals surface area (Å²) in [7, 11) is 0. The number of carbonyl (C=O) groups excluding carboxylic acids is 1. The molecule has 0 radical (unpaired) electrons. The molecule has 4 aromatic rings. The van der Waals surface area contributed by atoms with Crippen LogP contribution < -0.4 is 10.9 Å². The number of ether oxygens (including phenoxy) is 1. The highest BCUT2D eigenvalue weighted by Gasteiger charge is 2.20. The van der Waals surface area contributed by atoms with Crippen LogP contribution in [0.5, 0.6) is 0 Å². The van der Waals surface area contributed by atoms with E-state index >= 15 is 0 Å². The van der Waals surface area contributed by atoms with E-state index in [1.165, 1.54) is 6.20 Å². The summed E-state index contributed by atoms with van der Waals surface area (Å²) in [5.74, 6) is -0.495. The van der Waals surface area contributed by atoms with Gasteiger partial charge in [-0.15, -0.1) is 0 Å². The Balaban J connectivity index is 1.51. The van der Waals surface area contributed by atoms with Crippen LogP contribution in [0.3, 0.4) is 0 Å². The molecular weight excluding hydrogens is 506 g/mol. The van der Waals surface area contributed by atoms with Crippen molar-refractivity contribution in [1.82, 2.24) is 24.8 Å². The van der Waals surface area contributed by atoms with E-state index in [-0.39, 0.29) is 11.6 Å². The fourth-order valence-electron chi connectivity index (χ4n) is 4.68. The fraction of sp³-hybridized carbons (Fsp3) is 0.267. The van der Waals surface area contributed by atoms with Crippen molar-refractivity contribution in [2.75, 3.05) is 32.8 Å². The lowest BCUT2D eigenvalue weighted by molar-refractivity contribution is 0.0364. The summed E-state index contributed by atoms with van der Waals surface area (Å²) < 4.78 is 6.99. The summed E-state index contributed by atoms with van der Waals surface area (Å²) in [5.41, 5.74) is 3.20. The van der Waals surface area contributed by atoms with Crippen molar-refractivity contribution < 1.29 is 9.53 Å². The minimum atomic E-state index is -0.495. The van der Waals surface area contributed by atoms with Gasteiger partial charge in [-0.05, 0) is 48.9 Å². The van der Waals surface area contributed by atoms with Crippen LogP contribution in [0.15, 0.2) is 65.7 Å². The molecule has 3 aromatic heterocycles. The number of carbonyl (C=O) groups is 1. The SMILES string of the molecule is CC(NC(=O)c1cc2cc(-c3ccc(C#N)cn3)cnc2n(CCN2CCOCC2)c1=O)c1ccc(C#N)cc1. The van der Waals surface area contributed by atoms with Gasteiger partial charge in [-0.25, -0.2) is 4.98 Å². The zero-order valence-electron chi connectivity index (χ0n) is 22.0. The van der Waals surface area contributed by atoms with Gasteiger partial charge in [-0.3, -0.25) is 24.0 Å². The van der Waals surface area contributed by atoms with Crippen molar-refractivity contribution in [3.63, 3.8) is 0 Å². The molecule has 1 aliphatic heterocycles. The molecule has 1 amide bonds. The first kappa shape index (κ1) is 26.7. The number of hydrogen-bond donors (Lipinski definition) is 1. The molecule has 10 heteroatoms. The Kier molecular flexibility index (Phi) is 7.92. The average molecular weight is 534 g/mol. The Morgan fingerprint density at radius 2 is 1.73 bits per heavy atom. The molecule has 1 unspecified atom stereocenters. The van der Waals surface area contributed by atoms with Gasteiger partial charge < -0.3 is 10.1 Å². The standard InChI is InChI=1S/C30H27N7O3/c1-20(23-5-2-21(16-31)3-6-23)35-29(38)26-15-24-14-25(27-7-4-22(17-32)18-33-27)19-34-28(24)37(30(26)39)9-8-36-10-12-40-13-11-36/h2-7,14-15,18-20H,8-13H2,1H3,(H,35,38). The number of nitrogens with one attached hydrogen (secondary N) is 1. The molecule has 200 valence electrons. The number of benzene rings is 1. The Bertz CT molecular complexity index is 1680. The van der Waals surface area contributed by atoms with Crippen LogP contribution in [0.1, 0.15) is 40.0 Å². The Morgan fingerprint density at radius 3 is 2.40 bits per heavy atom. The number of morpholine rings is 1. The molecule has 0 bridgehead atoms. The normalized spacial score (nSPS) is 14.3. The smallest absolute Gasteiger partial charge is 0.265 e. The Morgan fingerprint density at radius 1 is 1.00 bits per heavy atom. The molecule has 0 spiro atoms. The summed E-state index contributed by atoms with van der Waals surface area (Å²) in [6.07, 6.45) is 3.14. The molecule has 0 aliphatic carbocycles. The second-order valence-electron chi connectivity index (χ2n) is 9.58. The molecule has 1 N–H and O–H groups in total. The van der Waals surface area contributed by atoms with Crippen LogP contribution >= 0.6 is 0 Å². The third kappa shape index (κ3) is 5.74. The maximum Gasteiger partial charge on any atom is 0.265 e. The van der Waals surface area contributed by atoms with Gasteiger partial charge in [-0.2, -0.15) is 10.5 Å². The van der Waals surface area contributed by atoms with Gasteiger partial charge >= 0.3 is 0 Å². The van der Waals surface area contributed by atoms with Crippen molar-refractivity contribution in [3.05, 3.63) is 93.5 Å². The largest absolute Gasteiger partial charge is 0.379 e. The molecule has 1 aliphatic rings. The lowest BCUT2D eigenvalue weighted by Crippen LogP contribution is -2.40. The van der Waals surface area contributed by atoms with Crippen molar-refractivity contribution >= 4 is 16.9 Å². The third-order valence-electron chi connectivity index (χ3n) is 6.99. The van der Waals surface area contributed by atoms with Crippen LogP contribution in [0.25, 0.3) is 22.3 Å². The van der Waals surface area contributed by atoms with Crippen molar-refractivity contribution in [1.29, 1.82) is 10.5 Å². The number of fused-ring (bicyclic) bond motifs is 1. The predicted molar refractivity (Wildman–Crippen MR) is 148 cm³/mol. The van der Waals surface area contributed by atoms with Gasteiger partial charge in [0.05, 0.1) is 42.1 Å². The Labute approximate surface area is 231 Å². The number of aromatic nitrogens is 3. The second kappa shape index (κ2) is 11.9. The van der Waals surface area contributed by atoms with Gasteiger partial charge in [-0.1, -0.05) is 12.1 Å². The maximum absolute atomic E-state index is 13.7. The van der Waals surface area contributed by atoms with E-state index in [1.807, 2.05) is 13.0 Å². The first-order valence-corrected chi connectivity index (χ1v) is 13.0. The first-order chi connectivity index (χ1) is 19.5. The highest BCUT2D eigenvalue weighted by molar-refractivity contribution is 5.97. The summed E-state index contributed by atoms with van der Waals surface area (Å²) in [4.78, 5) is 38.3. The van der Waals surface area contributed by atoms with Gasteiger partial charge in [0.25, 0.3) is 11.5 Å². The van der Waals surface area contributed by atoms with Gasteiger partial charge in [0.2, 0.25) is 0 Å². The van der Waals surface area contributed by atoms with Crippen LogP contribution in [-0.2, 0) is 11.3 Å². The topological polar surface area (TPSA) is 137 Å². The monoisotopic (exact) mass is 533 g/mol. The molecule has 1 atom stereocenters. The minimum Gasteiger partial charge on any atom is -0.379 e. The van der Waals surface area contributed by atoms with E-state index in [4.69, 9.17) is 15.3 Å². The number of nitrogens with zero attached hydrogens (tertiary/aromatic N) is 6. The number of rotatable bonds is 7. The van der Waals surface area contributed by atoms with E-state index in [2.05, 4.69) is 32.3 Å². The highest BCUT2D eigenvalue weighted by atomic mass is 16.5. The molecule has 1 fully saturated rings. The van der Waals surface area contributed by atoms with Gasteiger partial charge in [0.1, 0.15) is 17.3 Å². The van der Waals surface area contributed by atoms with E-state index < -0.39 is 11.5 Å². The number of amides is 1. The second-order valence-corrected chi connectivity index (χ2v) is 9.58. The van der Waals surface area contributed by atoms with E-state index in [0.29, 0.717) is 59.7 Å². The summed E-state index contributed by atoms with van der Waals surface area (Å²) >= 11 is 0. The van der Waals surface area contributed by atoms with Crippen LogP contribution in [0.2, 0.25) is 0 Å².